The van der Waals surface area contributed by atoms with Gasteiger partial charge in [0.1, 0.15) is 11.2 Å². The average Bonchev–Trinajstić information content (AvgIpc) is 2.28. The third-order valence-corrected chi connectivity index (χ3v) is 11.9. The van der Waals surface area contributed by atoms with E-state index in [4.69, 9.17) is 25.0 Å². The number of furan rings is 1. The molecule has 0 bridgehead atoms. The zero-order valence-electron chi connectivity index (χ0n) is 49.6. The standard InChI is InChI=1S/C58H41NO/c1-57(2)49-26-12-9-23-44(49)47-33-32-43(37-52(47)57)59(53-29-16-30-55-56(53)48-35-39(31-34-54(48)60-55)38-17-5-3-6-18-38)42-22-15-21-41(36-42)58(40-19-7-4-8-20-40)50-27-13-10-24-45(50)46-25-11-14-28-51(46)58/h3-37H,1-2H3/i1D3,2D3,3D,5D,6D,9D,12D,17D,18D,23D,26D,32D,33D,37D. The molecule has 284 valence electrons. The molecule has 2 nitrogen and oxygen atoms in total. The number of anilines is 3. The lowest BCUT2D eigenvalue weighted by Crippen LogP contribution is -2.28. The van der Waals surface area contributed by atoms with Crippen LogP contribution in [0.25, 0.3) is 55.3 Å². The molecule has 1 aromatic heterocycles. The molecule has 0 amide bonds. The monoisotopic (exact) mass is 785 g/mol. The van der Waals surface area contributed by atoms with Crippen molar-refractivity contribution >= 4 is 39.0 Å². The third-order valence-electron chi connectivity index (χ3n) is 11.9. The number of hydrogen-bond acceptors (Lipinski definition) is 2. The first-order valence-corrected chi connectivity index (χ1v) is 19.4. The van der Waals surface area contributed by atoms with Crippen LogP contribution in [0.1, 0.15) is 71.8 Å². The molecule has 2 aliphatic carbocycles. The predicted molar refractivity (Wildman–Crippen MR) is 249 cm³/mol. The second kappa shape index (κ2) is 13.0. The fourth-order valence-electron chi connectivity index (χ4n) is 9.41. The maximum atomic E-state index is 10.4. The highest BCUT2D eigenvalue weighted by Crippen LogP contribution is 2.57. The van der Waals surface area contributed by atoms with Crippen LogP contribution in [0.2, 0.25) is 0 Å². The van der Waals surface area contributed by atoms with Crippen molar-refractivity contribution in [3.8, 4) is 33.4 Å². The molecule has 12 rings (SSSR count). The van der Waals surface area contributed by atoms with Crippen LogP contribution >= 0.6 is 0 Å². The van der Waals surface area contributed by atoms with Crippen molar-refractivity contribution in [2.24, 2.45) is 0 Å². The molecule has 0 saturated carbocycles. The first-order chi connectivity index (χ1) is 37.0. The highest BCUT2D eigenvalue weighted by molar-refractivity contribution is 6.14. The quantitative estimate of drug-likeness (QED) is 0.167. The van der Waals surface area contributed by atoms with Crippen LogP contribution in [0.5, 0.6) is 0 Å². The molecule has 0 unspecified atom stereocenters. The SMILES string of the molecule is [2H]c1c([2H])c([2H])c(-c2ccc3oc4cccc(N(c5cccc(C6(c7ccccc7)c7ccccc7-c7ccccc76)c5)c5c([2H])c([2H])c6c(c5[2H])C(C([2H])([2H])[2H])(C([2H])([2H])[2H])c5c([2H])c([2H])c([2H])c([2H])c5-6)c4c3c2)c([2H])c1[2H]. The van der Waals surface area contributed by atoms with Crippen LogP contribution in [0, 0.1) is 0 Å². The van der Waals surface area contributed by atoms with Gasteiger partial charge >= 0.3 is 0 Å². The zero-order chi connectivity index (χ0) is 55.4. The summed E-state index contributed by atoms with van der Waals surface area (Å²) >= 11 is 0. The second-order valence-electron chi connectivity index (χ2n) is 15.0. The van der Waals surface area contributed by atoms with E-state index >= 15 is 0 Å². The van der Waals surface area contributed by atoms with E-state index in [1.54, 1.807) is 48.5 Å². The highest BCUT2D eigenvalue weighted by Gasteiger charge is 2.46. The van der Waals surface area contributed by atoms with Crippen LogP contribution in [-0.4, -0.2) is 0 Å². The molecular weight excluding hydrogens is 727 g/mol. The molecule has 9 aromatic carbocycles. The van der Waals surface area contributed by atoms with Gasteiger partial charge in [-0.2, -0.15) is 0 Å². The predicted octanol–water partition coefficient (Wildman–Crippen LogP) is 15.4. The summed E-state index contributed by atoms with van der Waals surface area (Å²) in [5, 5.41) is 0.638. The van der Waals surface area contributed by atoms with Gasteiger partial charge in [-0.05, 0) is 115 Å². The zero-order valence-corrected chi connectivity index (χ0v) is 31.6. The fraction of sp³-hybridized carbons (Fsp3) is 0.0690. The van der Waals surface area contributed by atoms with E-state index in [9.17, 15) is 4.11 Å². The summed E-state index contributed by atoms with van der Waals surface area (Å²) in [5.41, 5.74) is -1.19. The molecule has 0 saturated heterocycles. The van der Waals surface area contributed by atoms with E-state index in [0.717, 1.165) is 27.8 Å². The number of benzene rings is 9. The van der Waals surface area contributed by atoms with E-state index in [1.807, 2.05) is 66.7 Å². The molecule has 0 spiro atoms. The molecule has 0 aliphatic heterocycles. The van der Waals surface area contributed by atoms with Crippen molar-refractivity contribution < 1.29 is 29.1 Å². The van der Waals surface area contributed by atoms with Crippen molar-refractivity contribution in [3.05, 3.63) is 245 Å². The summed E-state index contributed by atoms with van der Waals surface area (Å²) in [6.07, 6.45) is 0. The van der Waals surface area contributed by atoms with Gasteiger partial charge in [-0.25, -0.2) is 0 Å². The van der Waals surface area contributed by atoms with Crippen molar-refractivity contribution in [1.82, 2.24) is 0 Å². The molecule has 10 aromatic rings. The van der Waals surface area contributed by atoms with Crippen LogP contribution in [0.4, 0.5) is 17.1 Å². The lowest BCUT2D eigenvalue weighted by Gasteiger charge is -2.35. The Morgan fingerprint density at radius 3 is 1.98 bits per heavy atom. The molecule has 60 heavy (non-hydrogen) atoms. The Balaban J connectivity index is 1.24. The van der Waals surface area contributed by atoms with E-state index in [-0.39, 0.29) is 33.7 Å². The summed E-state index contributed by atoms with van der Waals surface area (Å²) < 4.78 is 170. The van der Waals surface area contributed by atoms with Crippen LogP contribution in [0.3, 0.4) is 0 Å². The minimum atomic E-state index is -3.67. The Morgan fingerprint density at radius 1 is 0.483 bits per heavy atom. The summed E-state index contributed by atoms with van der Waals surface area (Å²) in [4.78, 5) is 1.47. The van der Waals surface area contributed by atoms with Gasteiger partial charge in [-0.3, -0.25) is 0 Å². The first-order valence-electron chi connectivity index (χ1n) is 28.4. The molecule has 1 heterocycles. The van der Waals surface area contributed by atoms with E-state index in [0.29, 0.717) is 16.3 Å². The van der Waals surface area contributed by atoms with Crippen molar-refractivity contribution in [2.75, 3.05) is 4.90 Å². The summed E-state index contributed by atoms with van der Waals surface area (Å²) in [6, 6.07) is 34.4. The average molecular weight is 786 g/mol. The Kier molecular flexibility index (Phi) is 4.57. The minimum Gasteiger partial charge on any atom is -0.456 e. The van der Waals surface area contributed by atoms with Crippen molar-refractivity contribution in [3.63, 3.8) is 0 Å². The molecule has 2 aliphatic rings. The van der Waals surface area contributed by atoms with Gasteiger partial charge < -0.3 is 9.32 Å². The molecule has 0 N–H and O–H groups in total. The Hall–Kier alpha value is -7.42. The van der Waals surface area contributed by atoms with Crippen molar-refractivity contribution in [1.29, 1.82) is 0 Å². The Bertz CT molecular complexity index is 4150. The van der Waals surface area contributed by atoms with Gasteiger partial charge in [0.2, 0.25) is 0 Å². The fourth-order valence-corrected chi connectivity index (χ4v) is 9.41. The van der Waals surface area contributed by atoms with Gasteiger partial charge in [0.05, 0.1) is 32.9 Å². The van der Waals surface area contributed by atoms with Crippen LogP contribution < -0.4 is 4.90 Å². The maximum absolute atomic E-state index is 10.4. The molecule has 0 atom stereocenters. The number of hydrogen-bond donors (Lipinski definition) is 0. The maximum Gasteiger partial charge on any atom is 0.137 e. The second-order valence-corrected chi connectivity index (χ2v) is 15.0. The lowest BCUT2D eigenvalue weighted by atomic mass is 9.67. The topological polar surface area (TPSA) is 16.4 Å². The number of fused-ring (bicyclic) bond motifs is 9. The normalized spacial score (nSPS) is 18.8. The van der Waals surface area contributed by atoms with E-state index < -0.39 is 125 Å². The number of rotatable bonds is 6. The van der Waals surface area contributed by atoms with Crippen molar-refractivity contribution in [2.45, 2.75) is 24.5 Å². The Labute approximate surface area is 375 Å². The molecule has 0 fully saturated rings. The molecule has 2 heteroatoms. The van der Waals surface area contributed by atoms with Gasteiger partial charge in [0, 0.05) is 30.4 Å². The van der Waals surface area contributed by atoms with Crippen LogP contribution in [-0.2, 0) is 10.8 Å². The third kappa shape index (κ3) is 4.88. The lowest BCUT2D eigenvalue weighted by molar-refractivity contribution is 0.660. The Morgan fingerprint density at radius 2 is 1.18 bits per heavy atom. The highest BCUT2D eigenvalue weighted by atomic mass is 16.3. The smallest absolute Gasteiger partial charge is 0.137 e. The molecular formula is C58H41NO. The summed E-state index contributed by atoms with van der Waals surface area (Å²) in [7, 11) is 0. The van der Waals surface area contributed by atoms with E-state index in [2.05, 4.69) is 24.3 Å². The van der Waals surface area contributed by atoms with Gasteiger partial charge in [0.15, 0.2) is 0 Å². The van der Waals surface area contributed by atoms with Crippen LogP contribution in [0.15, 0.2) is 216 Å². The molecule has 0 radical (unpaired) electrons. The number of nitrogens with zero attached hydrogens (tertiary/aromatic N) is 1. The summed E-state index contributed by atoms with van der Waals surface area (Å²) in [5.74, 6) is 0. The van der Waals surface area contributed by atoms with Gasteiger partial charge in [0.25, 0.3) is 0 Å². The minimum absolute atomic E-state index is 0.0959. The van der Waals surface area contributed by atoms with E-state index in [1.165, 1.54) is 4.90 Å². The summed E-state index contributed by atoms with van der Waals surface area (Å²) in [6.45, 7) is -7.34. The largest absolute Gasteiger partial charge is 0.456 e. The first kappa shape index (κ1) is 21.0. The van der Waals surface area contributed by atoms with Gasteiger partial charge in [-0.15, -0.1) is 0 Å². The van der Waals surface area contributed by atoms with Gasteiger partial charge in [-0.1, -0.05) is 177 Å².